The first-order valence-corrected chi connectivity index (χ1v) is 8.93. The molecule has 0 aliphatic heterocycles. The summed E-state index contributed by atoms with van der Waals surface area (Å²) in [6.45, 7) is 2.26. The van der Waals surface area contributed by atoms with E-state index in [1.165, 1.54) is 18.1 Å². The number of rotatable bonds is 10. The van der Waals surface area contributed by atoms with Gasteiger partial charge in [0.25, 0.3) is 5.91 Å². The minimum atomic E-state index is -1.03. The summed E-state index contributed by atoms with van der Waals surface area (Å²) in [5.41, 5.74) is 1.23. The summed E-state index contributed by atoms with van der Waals surface area (Å²) in [5, 5.41) is 9.02. The van der Waals surface area contributed by atoms with Crippen molar-refractivity contribution in [3.05, 3.63) is 65.5 Å². The molecule has 150 valence electrons. The summed E-state index contributed by atoms with van der Waals surface area (Å²) in [4.78, 5) is 24.9. The molecule has 6 nitrogen and oxygen atoms in total. The topological polar surface area (TPSA) is 76.1 Å². The Morgan fingerprint density at radius 3 is 2.39 bits per heavy atom. The second-order valence-electron chi connectivity index (χ2n) is 6.20. The van der Waals surface area contributed by atoms with Crippen molar-refractivity contribution < 1.29 is 28.6 Å². The number of hydrogen-bond acceptors (Lipinski definition) is 4. The normalized spacial score (nSPS) is 11.7. The largest absolute Gasteiger partial charge is 0.484 e. The van der Waals surface area contributed by atoms with Gasteiger partial charge in [-0.15, -0.1) is 0 Å². The lowest BCUT2D eigenvalue weighted by molar-refractivity contribution is -0.148. The highest BCUT2D eigenvalue weighted by atomic mass is 19.1. The van der Waals surface area contributed by atoms with Crippen LogP contribution >= 0.6 is 0 Å². The molecule has 0 bridgehead atoms. The van der Waals surface area contributed by atoms with Gasteiger partial charge in [-0.25, -0.2) is 9.18 Å². The fraction of sp³-hybridized carbons (Fsp3) is 0.333. The van der Waals surface area contributed by atoms with Gasteiger partial charge in [-0.2, -0.15) is 0 Å². The van der Waals surface area contributed by atoms with E-state index in [2.05, 4.69) is 0 Å². The van der Waals surface area contributed by atoms with Crippen molar-refractivity contribution in [2.45, 2.75) is 26.0 Å². The van der Waals surface area contributed by atoms with Crippen LogP contribution in [0.4, 0.5) is 4.39 Å². The van der Waals surface area contributed by atoms with E-state index >= 15 is 0 Å². The number of carbonyl (C=O) groups is 2. The van der Waals surface area contributed by atoms with Gasteiger partial charge >= 0.3 is 5.97 Å². The number of hydrogen-bond donors (Lipinski definition) is 1. The highest BCUT2D eigenvalue weighted by Crippen LogP contribution is 2.15. The van der Waals surface area contributed by atoms with Crippen LogP contribution in [0.2, 0.25) is 0 Å². The maximum Gasteiger partial charge on any atom is 0.333 e. The average Bonchev–Trinajstić information content (AvgIpc) is 2.70. The third-order valence-corrected chi connectivity index (χ3v) is 4.32. The van der Waals surface area contributed by atoms with Gasteiger partial charge in [0.1, 0.15) is 11.6 Å². The molecule has 2 aromatic rings. The van der Waals surface area contributed by atoms with E-state index in [9.17, 15) is 14.0 Å². The van der Waals surface area contributed by atoms with E-state index in [0.29, 0.717) is 17.9 Å². The number of carbonyl (C=O) groups excluding carboxylic acids is 1. The van der Waals surface area contributed by atoms with Gasteiger partial charge in [-0.3, -0.25) is 4.79 Å². The van der Waals surface area contributed by atoms with Gasteiger partial charge in [0, 0.05) is 32.2 Å². The number of aliphatic carboxylic acids is 1. The summed E-state index contributed by atoms with van der Waals surface area (Å²) in [7, 11) is 1.35. The quantitative estimate of drug-likeness (QED) is 0.676. The Morgan fingerprint density at radius 2 is 1.82 bits per heavy atom. The Bertz CT molecular complexity index is 794. The Labute approximate surface area is 163 Å². The molecule has 1 atom stereocenters. The smallest absolute Gasteiger partial charge is 0.333 e. The van der Waals surface area contributed by atoms with E-state index in [4.69, 9.17) is 14.6 Å². The second kappa shape index (κ2) is 10.4. The molecular weight excluding hydrogens is 365 g/mol. The van der Waals surface area contributed by atoms with Gasteiger partial charge in [-0.05, 0) is 30.7 Å². The van der Waals surface area contributed by atoms with Crippen molar-refractivity contribution in [1.82, 2.24) is 4.90 Å². The standard InChI is InChI=1S/C21H24FNO5/c1-3-23(13-16-6-4-5-7-18(16)22)20(24)14-28-17-10-8-15(9-11-17)12-19(27-2)21(25)26/h4-11,19H,3,12-14H2,1-2H3,(H,25,26)/t19-/m0/s1. The Hall–Kier alpha value is -2.93. The fourth-order valence-electron chi connectivity index (χ4n) is 2.65. The molecule has 0 saturated heterocycles. The predicted molar refractivity (Wildman–Crippen MR) is 102 cm³/mol. The Balaban J connectivity index is 1.90. The molecule has 1 amide bonds. The SMILES string of the molecule is CCN(Cc1ccccc1F)C(=O)COc1ccc(C[C@H](OC)C(=O)O)cc1. The summed E-state index contributed by atoms with van der Waals surface area (Å²) in [6.07, 6.45) is -0.679. The van der Waals surface area contributed by atoms with Crippen LogP contribution in [0.25, 0.3) is 0 Å². The Kier molecular flexibility index (Phi) is 7.95. The molecule has 0 aromatic heterocycles. The van der Waals surface area contributed by atoms with Crippen molar-refractivity contribution in [3.63, 3.8) is 0 Å². The second-order valence-corrected chi connectivity index (χ2v) is 6.20. The monoisotopic (exact) mass is 389 g/mol. The third-order valence-electron chi connectivity index (χ3n) is 4.32. The van der Waals surface area contributed by atoms with Gasteiger partial charge in [-0.1, -0.05) is 30.3 Å². The maximum atomic E-state index is 13.8. The first-order valence-electron chi connectivity index (χ1n) is 8.93. The lowest BCUT2D eigenvalue weighted by Gasteiger charge is -2.21. The maximum absolute atomic E-state index is 13.8. The van der Waals surface area contributed by atoms with Gasteiger partial charge < -0.3 is 19.5 Å². The summed E-state index contributed by atoms with van der Waals surface area (Å²) >= 11 is 0. The molecule has 7 heteroatoms. The zero-order chi connectivity index (χ0) is 20.5. The molecule has 0 unspecified atom stereocenters. The highest BCUT2D eigenvalue weighted by molar-refractivity contribution is 5.77. The molecule has 0 aliphatic carbocycles. The van der Waals surface area contributed by atoms with Crippen LogP contribution in [0.3, 0.4) is 0 Å². The van der Waals surface area contributed by atoms with Crippen LogP contribution in [-0.4, -0.2) is 48.2 Å². The van der Waals surface area contributed by atoms with Crippen molar-refractivity contribution in [2.75, 3.05) is 20.3 Å². The minimum Gasteiger partial charge on any atom is -0.484 e. The number of halogens is 1. The van der Waals surface area contributed by atoms with Crippen LogP contribution in [-0.2, 0) is 27.3 Å². The third kappa shape index (κ3) is 6.06. The number of ether oxygens (including phenoxy) is 2. The fourth-order valence-corrected chi connectivity index (χ4v) is 2.65. The first-order chi connectivity index (χ1) is 13.4. The van der Waals surface area contributed by atoms with Crippen LogP contribution < -0.4 is 4.74 Å². The first kappa shape index (κ1) is 21.4. The van der Waals surface area contributed by atoms with Crippen molar-refractivity contribution in [2.24, 2.45) is 0 Å². The van der Waals surface area contributed by atoms with Crippen molar-refractivity contribution in [3.8, 4) is 5.75 Å². The number of nitrogens with zero attached hydrogens (tertiary/aromatic N) is 1. The van der Waals surface area contributed by atoms with E-state index in [1.807, 2.05) is 6.92 Å². The van der Waals surface area contributed by atoms with E-state index in [0.717, 1.165) is 5.56 Å². The molecule has 0 heterocycles. The molecular formula is C21H24FNO5. The molecule has 1 N–H and O–H groups in total. The molecule has 2 aromatic carbocycles. The molecule has 0 aliphatic rings. The predicted octanol–water partition coefficient (Wildman–Crippen LogP) is 2.90. The van der Waals surface area contributed by atoms with Crippen molar-refractivity contribution in [1.29, 1.82) is 0 Å². The summed E-state index contributed by atoms with van der Waals surface area (Å²) in [6, 6.07) is 13.1. The van der Waals surface area contributed by atoms with Gasteiger partial charge in [0.2, 0.25) is 0 Å². The number of likely N-dealkylation sites (N-methyl/N-ethyl adjacent to an activating group) is 1. The lowest BCUT2D eigenvalue weighted by Crippen LogP contribution is -2.34. The number of carboxylic acids is 1. The van der Waals surface area contributed by atoms with Crippen LogP contribution in [0.15, 0.2) is 48.5 Å². The number of amides is 1. The highest BCUT2D eigenvalue weighted by Gasteiger charge is 2.17. The molecule has 0 saturated carbocycles. The van der Waals surface area contributed by atoms with E-state index in [1.54, 1.807) is 42.5 Å². The summed E-state index contributed by atoms with van der Waals surface area (Å²) in [5.74, 6) is -1.13. The number of benzene rings is 2. The minimum absolute atomic E-state index is 0.169. The van der Waals surface area contributed by atoms with Crippen molar-refractivity contribution >= 4 is 11.9 Å². The Morgan fingerprint density at radius 1 is 1.14 bits per heavy atom. The average molecular weight is 389 g/mol. The molecule has 2 rings (SSSR count). The van der Waals surface area contributed by atoms with Gasteiger partial charge in [0.15, 0.2) is 12.7 Å². The van der Waals surface area contributed by atoms with Crippen LogP contribution in [0.5, 0.6) is 5.75 Å². The van der Waals surface area contributed by atoms with E-state index < -0.39 is 12.1 Å². The lowest BCUT2D eigenvalue weighted by atomic mass is 10.1. The van der Waals surface area contributed by atoms with Crippen LogP contribution in [0.1, 0.15) is 18.1 Å². The molecule has 0 radical (unpaired) electrons. The molecule has 28 heavy (non-hydrogen) atoms. The molecule has 0 spiro atoms. The van der Waals surface area contributed by atoms with E-state index in [-0.39, 0.29) is 31.3 Å². The van der Waals surface area contributed by atoms with Gasteiger partial charge in [0.05, 0.1) is 0 Å². The zero-order valence-electron chi connectivity index (χ0n) is 15.9. The van der Waals surface area contributed by atoms with Crippen LogP contribution in [0, 0.1) is 5.82 Å². The zero-order valence-corrected chi connectivity index (χ0v) is 15.9. The number of carboxylic acid groups (broad SMARTS) is 1. The molecule has 0 fully saturated rings. The number of methoxy groups -OCH3 is 1. The summed E-state index contributed by atoms with van der Waals surface area (Å²) < 4.78 is 24.2.